The molecule has 2 rings (SSSR count). The summed E-state index contributed by atoms with van der Waals surface area (Å²) in [5.74, 6) is -0.0390. The van der Waals surface area contributed by atoms with Crippen molar-refractivity contribution in [1.82, 2.24) is 4.90 Å². The highest BCUT2D eigenvalue weighted by Gasteiger charge is 2.39. The smallest absolute Gasteiger partial charge is 0.411 e. The molecule has 5 heteroatoms. The van der Waals surface area contributed by atoms with Crippen LogP contribution in [-0.2, 0) is 16.1 Å². The highest BCUT2D eigenvalue weighted by Crippen LogP contribution is 2.36. The minimum Gasteiger partial charge on any atom is -0.443 e. The molecular weight excluding hydrogens is 282 g/mol. The molecule has 0 aliphatic carbocycles. The van der Waals surface area contributed by atoms with Crippen molar-refractivity contribution in [2.24, 2.45) is 0 Å². The molecule has 1 aromatic rings. The van der Waals surface area contributed by atoms with Gasteiger partial charge in [0, 0.05) is 10.2 Å². The molecule has 111 valence electrons. The van der Waals surface area contributed by atoms with Crippen LogP contribution < -0.4 is 0 Å². The van der Waals surface area contributed by atoms with Gasteiger partial charge in [-0.15, -0.1) is 0 Å². The number of fused-ring (bicyclic) bond motifs is 1. The maximum atomic E-state index is 12.5. The van der Waals surface area contributed by atoms with Crippen molar-refractivity contribution < 1.29 is 14.3 Å². The van der Waals surface area contributed by atoms with Crippen LogP contribution in [0, 0.1) is 0 Å². The Kier molecular flexibility index (Phi) is 4.51. The number of ketones is 1. The molecule has 1 atom stereocenters. The number of nitrogens with zero attached hydrogens (tertiary/aromatic N) is 1. The van der Waals surface area contributed by atoms with Gasteiger partial charge in [-0.05, 0) is 37.4 Å². The molecule has 0 fully saturated rings. The number of rotatable bonds is 4. The zero-order chi connectivity index (χ0) is 15.6. The molecule has 0 saturated carbocycles. The standard InChI is InChI=1S/C16H20NO3Si/c1-4-16(2,3)20-15(19)17-9-11-7-5-6-8-12(11)14(17)13(18)10-21/h5-8,14H,4,9-10H2,1-3H3. The fourth-order valence-corrected chi connectivity index (χ4v) is 2.56. The van der Waals surface area contributed by atoms with E-state index in [4.69, 9.17) is 4.74 Å². The lowest BCUT2D eigenvalue weighted by atomic mass is 10.0. The van der Waals surface area contributed by atoms with E-state index < -0.39 is 17.7 Å². The highest BCUT2D eigenvalue weighted by atomic mass is 28.1. The van der Waals surface area contributed by atoms with Crippen LogP contribution in [0.25, 0.3) is 0 Å². The van der Waals surface area contributed by atoms with Gasteiger partial charge in [-0.1, -0.05) is 31.2 Å². The summed E-state index contributed by atoms with van der Waals surface area (Å²) >= 11 is 0. The van der Waals surface area contributed by atoms with Crippen molar-refractivity contribution >= 4 is 22.1 Å². The fraction of sp³-hybridized carbons (Fsp3) is 0.500. The van der Waals surface area contributed by atoms with E-state index in [1.165, 1.54) is 4.90 Å². The first-order valence-corrected chi connectivity index (χ1v) is 7.85. The third-order valence-corrected chi connectivity index (χ3v) is 4.28. The summed E-state index contributed by atoms with van der Waals surface area (Å²) in [5, 5.41) is 0. The van der Waals surface area contributed by atoms with Gasteiger partial charge in [-0.25, -0.2) is 4.79 Å². The second kappa shape index (κ2) is 6.01. The number of benzene rings is 1. The van der Waals surface area contributed by atoms with Crippen LogP contribution in [0.3, 0.4) is 0 Å². The molecule has 4 nitrogen and oxygen atoms in total. The Morgan fingerprint density at radius 3 is 2.67 bits per heavy atom. The van der Waals surface area contributed by atoms with Crippen molar-refractivity contribution in [2.75, 3.05) is 0 Å². The van der Waals surface area contributed by atoms with E-state index in [9.17, 15) is 9.59 Å². The number of carbonyl (C=O) groups excluding carboxylic acids is 2. The van der Waals surface area contributed by atoms with Gasteiger partial charge in [0.15, 0.2) is 5.78 Å². The second-order valence-electron chi connectivity index (χ2n) is 5.85. The van der Waals surface area contributed by atoms with E-state index in [1.807, 2.05) is 45.0 Å². The van der Waals surface area contributed by atoms with Crippen molar-refractivity contribution in [1.29, 1.82) is 0 Å². The largest absolute Gasteiger partial charge is 0.443 e. The molecule has 1 amide bonds. The summed E-state index contributed by atoms with van der Waals surface area (Å²) in [7, 11) is 3.25. The Labute approximate surface area is 128 Å². The molecule has 0 saturated heterocycles. The van der Waals surface area contributed by atoms with Gasteiger partial charge in [0.1, 0.15) is 11.6 Å². The van der Waals surface area contributed by atoms with Crippen molar-refractivity contribution in [3.8, 4) is 0 Å². The summed E-state index contributed by atoms with van der Waals surface area (Å²) < 4.78 is 5.55. The number of ether oxygens (including phenoxy) is 1. The van der Waals surface area contributed by atoms with Crippen LogP contribution in [0.5, 0.6) is 0 Å². The minimum absolute atomic E-state index is 0.0390. The molecule has 1 heterocycles. The lowest BCUT2D eigenvalue weighted by Crippen LogP contribution is -2.39. The maximum absolute atomic E-state index is 12.5. The maximum Gasteiger partial charge on any atom is 0.411 e. The van der Waals surface area contributed by atoms with E-state index >= 15 is 0 Å². The second-order valence-corrected chi connectivity index (χ2v) is 6.21. The zero-order valence-electron chi connectivity index (χ0n) is 12.7. The van der Waals surface area contributed by atoms with E-state index in [0.717, 1.165) is 17.5 Å². The van der Waals surface area contributed by atoms with Crippen molar-refractivity contribution in [2.45, 2.75) is 51.4 Å². The van der Waals surface area contributed by atoms with Gasteiger partial charge in [0.25, 0.3) is 0 Å². The molecule has 3 radical (unpaired) electrons. The third-order valence-electron chi connectivity index (χ3n) is 3.93. The number of hydrogen-bond acceptors (Lipinski definition) is 3. The molecule has 0 N–H and O–H groups in total. The predicted octanol–water partition coefficient (Wildman–Crippen LogP) is 3.02. The van der Waals surface area contributed by atoms with Crippen molar-refractivity contribution in [3.05, 3.63) is 35.4 Å². The van der Waals surface area contributed by atoms with E-state index in [-0.39, 0.29) is 11.8 Å². The molecule has 21 heavy (non-hydrogen) atoms. The molecule has 1 unspecified atom stereocenters. The average Bonchev–Trinajstić information content (AvgIpc) is 2.85. The SMILES string of the molecule is CCC(C)(C)OC(=O)N1Cc2ccccc2C1C(=O)C[Si]. The van der Waals surface area contributed by atoms with Gasteiger partial charge >= 0.3 is 6.09 Å². The molecule has 0 aromatic heterocycles. The predicted molar refractivity (Wildman–Crippen MR) is 81.1 cm³/mol. The van der Waals surface area contributed by atoms with Crippen molar-refractivity contribution in [3.63, 3.8) is 0 Å². The van der Waals surface area contributed by atoms with Crippen LogP contribution in [0.2, 0.25) is 6.04 Å². The molecule has 1 aliphatic rings. The number of carbonyl (C=O) groups is 2. The van der Waals surface area contributed by atoms with Gasteiger partial charge in [-0.3, -0.25) is 9.69 Å². The lowest BCUT2D eigenvalue weighted by Gasteiger charge is -2.29. The Bertz CT molecular complexity index is 556. The zero-order valence-corrected chi connectivity index (χ0v) is 13.7. The van der Waals surface area contributed by atoms with Gasteiger partial charge in [0.05, 0.1) is 6.54 Å². The number of amides is 1. The summed E-state index contributed by atoms with van der Waals surface area (Å²) in [6.07, 6.45) is 0.285. The first-order valence-electron chi connectivity index (χ1n) is 7.14. The van der Waals surface area contributed by atoms with Gasteiger partial charge in [0.2, 0.25) is 0 Å². The fourth-order valence-electron chi connectivity index (χ4n) is 2.37. The minimum atomic E-state index is -0.557. The summed E-state index contributed by atoms with van der Waals surface area (Å²) in [5.41, 5.74) is 1.36. The van der Waals surface area contributed by atoms with Crippen LogP contribution in [0.4, 0.5) is 4.79 Å². The monoisotopic (exact) mass is 302 g/mol. The average molecular weight is 302 g/mol. The molecular formula is C16H20NO3Si. The lowest BCUT2D eigenvalue weighted by molar-refractivity contribution is -0.122. The quantitative estimate of drug-likeness (QED) is 0.803. The Balaban J connectivity index is 2.28. The van der Waals surface area contributed by atoms with E-state index in [1.54, 1.807) is 0 Å². The summed E-state index contributed by atoms with van der Waals surface area (Å²) in [6, 6.07) is 7.30. The van der Waals surface area contributed by atoms with E-state index in [2.05, 4.69) is 10.2 Å². The van der Waals surface area contributed by atoms with Crippen LogP contribution in [0.1, 0.15) is 44.4 Å². The number of Topliss-reactive ketones (excluding diaryl/α,β-unsaturated/α-hetero) is 1. The first-order chi connectivity index (χ1) is 9.89. The molecule has 1 aliphatic heterocycles. The number of hydrogen-bond donors (Lipinski definition) is 0. The molecule has 1 aromatic carbocycles. The molecule has 0 bridgehead atoms. The normalized spacial score (nSPS) is 17.5. The first kappa shape index (κ1) is 15.8. The topological polar surface area (TPSA) is 46.6 Å². The Morgan fingerprint density at radius 2 is 2.05 bits per heavy atom. The van der Waals surface area contributed by atoms with Crippen LogP contribution in [0.15, 0.2) is 24.3 Å². The summed E-state index contributed by atoms with van der Waals surface area (Å²) in [4.78, 5) is 26.2. The Morgan fingerprint density at radius 1 is 1.38 bits per heavy atom. The molecule has 0 spiro atoms. The highest BCUT2D eigenvalue weighted by molar-refractivity contribution is 6.21. The van der Waals surface area contributed by atoms with E-state index in [0.29, 0.717) is 6.54 Å². The van der Waals surface area contributed by atoms with Gasteiger partial charge < -0.3 is 4.74 Å². The van der Waals surface area contributed by atoms with Crippen LogP contribution >= 0.6 is 0 Å². The Hall–Kier alpha value is -1.62. The third kappa shape index (κ3) is 3.18. The van der Waals surface area contributed by atoms with Crippen LogP contribution in [-0.4, -0.2) is 32.6 Å². The summed E-state index contributed by atoms with van der Waals surface area (Å²) in [6.45, 7) is 6.12. The van der Waals surface area contributed by atoms with Gasteiger partial charge in [-0.2, -0.15) is 0 Å².